The number of nitrogens with zero attached hydrogens (tertiary/aromatic N) is 1. The van der Waals surface area contributed by atoms with Gasteiger partial charge in [0.1, 0.15) is 11.6 Å². The Hall–Kier alpha value is -1.29. The lowest BCUT2D eigenvalue weighted by atomic mass is 9.92. The van der Waals surface area contributed by atoms with Gasteiger partial charge in [0, 0.05) is 19.2 Å². The summed E-state index contributed by atoms with van der Waals surface area (Å²) in [5.74, 6) is 0.904. The normalized spacial score (nSPS) is 22.7. The van der Waals surface area contributed by atoms with E-state index in [2.05, 4.69) is 13.8 Å². The second kappa shape index (κ2) is 6.44. The van der Waals surface area contributed by atoms with E-state index in [1.807, 2.05) is 4.90 Å². The lowest BCUT2D eigenvalue weighted by Crippen LogP contribution is -2.44. The van der Waals surface area contributed by atoms with E-state index in [9.17, 15) is 9.18 Å². The molecule has 0 aliphatic carbocycles. The zero-order chi connectivity index (χ0) is 14.7. The maximum Gasteiger partial charge on any atom is 0.260 e. The number of carbonyl (C=O) groups excluding carboxylic acids is 1. The number of likely N-dealkylation sites (tertiary alicyclic amines) is 1. The van der Waals surface area contributed by atoms with Gasteiger partial charge in [0.15, 0.2) is 6.61 Å². The number of hydrogen-bond donors (Lipinski definition) is 0. The Morgan fingerprint density at radius 2 is 2.05 bits per heavy atom. The molecular formula is C15H19ClFNO2. The molecule has 1 aromatic carbocycles. The highest BCUT2D eigenvalue weighted by molar-refractivity contribution is 6.30. The highest BCUT2D eigenvalue weighted by Crippen LogP contribution is 2.23. The van der Waals surface area contributed by atoms with E-state index in [4.69, 9.17) is 16.3 Å². The van der Waals surface area contributed by atoms with Crippen LogP contribution in [0.5, 0.6) is 5.75 Å². The number of benzene rings is 1. The first kappa shape index (κ1) is 15.1. The smallest absolute Gasteiger partial charge is 0.260 e. The summed E-state index contributed by atoms with van der Waals surface area (Å²) in [6.45, 7) is 5.81. The molecule has 1 aromatic rings. The van der Waals surface area contributed by atoms with Crippen LogP contribution >= 0.6 is 11.6 Å². The number of piperidine rings is 1. The number of ether oxygens (including phenoxy) is 1. The van der Waals surface area contributed by atoms with Crippen LogP contribution in [0.15, 0.2) is 18.2 Å². The van der Waals surface area contributed by atoms with Gasteiger partial charge in [0.05, 0.1) is 5.02 Å². The van der Waals surface area contributed by atoms with Gasteiger partial charge < -0.3 is 9.64 Å². The van der Waals surface area contributed by atoms with E-state index >= 15 is 0 Å². The topological polar surface area (TPSA) is 29.5 Å². The van der Waals surface area contributed by atoms with E-state index in [1.54, 1.807) is 0 Å². The molecule has 0 N–H and O–H groups in total. The van der Waals surface area contributed by atoms with Crippen LogP contribution in [0.2, 0.25) is 5.02 Å². The quantitative estimate of drug-likeness (QED) is 0.856. The first-order valence-electron chi connectivity index (χ1n) is 6.81. The molecule has 3 nitrogen and oxygen atoms in total. The second-order valence-electron chi connectivity index (χ2n) is 5.61. The van der Waals surface area contributed by atoms with E-state index in [-0.39, 0.29) is 17.5 Å². The predicted molar refractivity (Wildman–Crippen MR) is 76.4 cm³/mol. The van der Waals surface area contributed by atoms with Gasteiger partial charge in [-0.15, -0.1) is 0 Å². The number of hydrogen-bond acceptors (Lipinski definition) is 2. The monoisotopic (exact) mass is 299 g/mol. The minimum absolute atomic E-state index is 0.00448. The fourth-order valence-corrected chi connectivity index (χ4v) is 2.84. The predicted octanol–water partition coefficient (Wildman–Crippen LogP) is 3.36. The minimum atomic E-state index is -0.496. The third-order valence-corrected chi connectivity index (χ3v) is 3.76. The average Bonchev–Trinajstić information content (AvgIpc) is 2.38. The summed E-state index contributed by atoms with van der Waals surface area (Å²) >= 11 is 5.67. The van der Waals surface area contributed by atoms with Gasteiger partial charge in [-0.2, -0.15) is 0 Å². The van der Waals surface area contributed by atoms with E-state index in [1.165, 1.54) is 18.2 Å². The second-order valence-corrected chi connectivity index (χ2v) is 6.02. The van der Waals surface area contributed by atoms with Crippen molar-refractivity contribution in [3.05, 3.63) is 29.0 Å². The lowest BCUT2D eigenvalue weighted by Gasteiger charge is -2.34. The summed E-state index contributed by atoms with van der Waals surface area (Å²) in [6.07, 6.45) is 1.15. The molecule has 1 aliphatic rings. The fraction of sp³-hybridized carbons (Fsp3) is 0.533. The van der Waals surface area contributed by atoms with Crippen LogP contribution in [0.1, 0.15) is 20.3 Å². The van der Waals surface area contributed by atoms with Gasteiger partial charge in [-0.1, -0.05) is 25.4 Å². The number of halogens is 2. The molecule has 0 spiro atoms. The number of carbonyl (C=O) groups is 1. The molecule has 1 heterocycles. The van der Waals surface area contributed by atoms with Crippen molar-refractivity contribution >= 4 is 17.5 Å². The standard InChI is InChI=1S/C15H19ClFNO2/c1-10-5-11(2)8-18(7-10)15(19)9-20-12-3-4-14(17)13(16)6-12/h3-4,6,10-11H,5,7-9H2,1-2H3. The van der Waals surface area contributed by atoms with E-state index < -0.39 is 5.82 Å². The molecule has 1 aliphatic heterocycles. The summed E-state index contributed by atoms with van der Waals surface area (Å²) in [5, 5.41) is -0.00448. The molecule has 20 heavy (non-hydrogen) atoms. The Bertz CT molecular complexity index is 485. The molecule has 2 atom stereocenters. The largest absolute Gasteiger partial charge is 0.484 e. The molecule has 0 bridgehead atoms. The SMILES string of the molecule is CC1CC(C)CN(C(=O)COc2ccc(F)c(Cl)c2)C1. The van der Waals surface area contributed by atoms with Crippen molar-refractivity contribution in [1.82, 2.24) is 4.90 Å². The number of rotatable bonds is 3. The summed E-state index contributed by atoms with van der Waals surface area (Å²) in [4.78, 5) is 13.9. The first-order chi connectivity index (χ1) is 9.45. The Kier molecular flexibility index (Phi) is 4.86. The Labute approximate surface area is 123 Å². The summed E-state index contributed by atoms with van der Waals surface area (Å²) < 4.78 is 18.4. The molecule has 110 valence electrons. The van der Waals surface area contributed by atoms with Crippen molar-refractivity contribution in [1.29, 1.82) is 0 Å². The molecule has 2 rings (SSSR count). The molecule has 1 fully saturated rings. The summed E-state index contributed by atoms with van der Waals surface area (Å²) in [5.41, 5.74) is 0. The van der Waals surface area contributed by atoms with Crippen LogP contribution in [0, 0.1) is 17.7 Å². The first-order valence-corrected chi connectivity index (χ1v) is 7.19. The van der Waals surface area contributed by atoms with Crippen molar-refractivity contribution < 1.29 is 13.9 Å². The van der Waals surface area contributed by atoms with Crippen molar-refractivity contribution in [3.63, 3.8) is 0 Å². The van der Waals surface area contributed by atoms with E-state index in [0.29, 0.717) is 17.6 Å². The van der Waals surface area contributed by atoms with Crippen LogP contribution in [0.25, 0.3) is 0 Å². The maximum atomic E-state index is 13.0. The fourth-order valence-electron chi connectivity index (χ4n) is 2.67. The van der Waals surface area contributed by atoms with Gasteiger partial charge in [-0.05, 0) is 30.4 Å². The van der Waals surface area contributed by atoms with Gasteiger partial charge in [0.2, 0.25) is 0 Å². The van der Waals surface area contributed by atoms with Crippen LogP contribution in [-0.2, 0) is 4.79 Å². The zero-order valence-corrected chi connectivity index (χ0v) is 12.5. The molecular weight excluding hydrogens is 281 g/mol. The van der Waals surface area contributed by atoms with Gasteiger partial charge in [-0.3, -0.25) is 4.79 Å². The highest BCUT2D eigenvalue weighted by Gasteiger charge is 2.25. The molecule has 0 radical (unpaired) electrons. The Morgan fingerprint density at radius 1 is 1.40 bits per heavy atom. The molecule has 5 heteroatoms. The Morgan fingerprint density at radius 3 is 2.65 bits per heavy atom. The minimum Gasteiger partial charge on any atom is -0.484 e. The maximum absolute atomic E-state index is 13.0. The summed E-state index contributed by atoms with van der Waals surface area (Å²) in [6, 6.07) is 4.08. The zero-order valence-electron chi connectivity index (χ0n) is 11.7. The van der Waals surface area contributed by atoms with Crippen molar-refractivity contribution in [2.24, 2.45) is 11.8 Å². The van der Waals surface area contributed by atoms with Crippen LogP contribution in [-0.4, -0.2) is 30.5 Å². The van der Waals surface area contributed by atoms with Crippen LogP contribution < -0.4 is 4.74 Å². The molecule has 1 saturated heterocycles. The molecule has 0 aromatic heterocycles. The average molecular weight is 300 g/mol. The van der Waals surface area contributed by atoms with Crippen LogP contribution in [0.3, 0.4) is 0 Å². The van der Waals surface area contributed by atoms with Crippen molar-refractivity contribution in [3.8, 4) is 5.75 Å². The number of amides is 1. The van der Waals surface area contributed by atoms with Gasteiger partial charge in [0.25, 0.3) is 5.91 Å². The highest BCUT2D eigenvalue weighted by atomic mass is 35.5. The molecule has 0 saturated carbocycles. The van der Waals surface area contributed by atoms with Gasteiger partial charge >= 0.3 is 0 Å². The third-order valence-electron chi connectivity index (χ3n) is 3.47. The summed E-state index contributed by atoms with van der Waals surface area (Å²) in [7, 11) is 0. The van der Waals surface area contributed by atoms with Gasteiger partial charge in [-0.25, -0.2) is 4.39 Å². The molecule has 1 amide bonds. The van der Waals surface area contributed by atoms with E-state index in [0.717, 1.165) is 19.5 Å². The van der Waals surface area contributed by atoms with Crippen molar-refractivity contribution in [2.75, 3.05) is 19.7 Å². The van der Waals surface area contributed by atoms with Crippen LogP contribution in [0.4, 0.5) is 4.39 Å². The molecule has 2 unspecified atom stereocenters. The van der Waals surface area contributed by atoms with Crippen molar-refractivity contribution in [2.45, 2.75) is 20.3 Å². The third kappa shape index (κ3) is 3.85. The Balaban J connectivity index is 1.89. The lowest BCUT2D eigenvalue weighted by molar-refractivity contribution is -0.136.